The zero-order valence-corrected chi connectivity index (χ0v) is 17.3. The van der Waals surface area contributed by atoms with Gasteiger partial charge in [-0.2, -0.15) is 0 Å². The lowest BCUT2D eigenvalue weighted by Crippen LogP contribution is -2.27. The molecule has 1 aliphatic heterocycles. The first kappa shape index (κ1) is 19.9. The molecule has 8 heteroatoms. The van der Waals surface area contributed by atoms with Gasteiger partial charge in [-0.3, -0.25) is 24.6 Å². The number of carbonyl (C=O) groups excluding carboxylic acids is 2. The van der Waals surface area contributed by atoms with Crippen molar-refractivity contribution in [1.29, 1.82) is 0 Å². The highest BCUT2D eigenvalue weighted by atomic mass is 32.2. The molecule has 2 heterocycles. The molecular weight excluding hydrogens is 402 g/mol. The second kappa shape index (κ2) is 7.79. The van der Waals surface area contributed by atoms with Gasteiger partial charge in [0, 0.05) is 40.8 Å². The molecular formula is C22H19N3O4S. The van der Waals surface area contributed by atoms with Gasteiger partial charge in [0.15, 0.2) is 0 Å². The van der Waals surface area contributed by atoms with Gasteiger partial charge in [-0.1, -0.05) is 30.3 Å². The van der Waals surface area contributed by atoms with Crippen LogP contribution in [0.2, 0.25) is 0 Å². The molecule has 3 aromatic rings. The predicted octanol–water partition coefficient (Wildman–Crippen LogP) is 5.37. The fourth-order valence-electron chi connectivity index (χ4n) is 3.50. The van der Waals surface area contributed by atoms with Gasteiger partial charge in [0.05, 0.1) is 16.4 Å². The largest absolute Gasteiger partial charge is 0.344 e. The molecule has 1 saturated heterocycles. The molecule has 1 fully saturated rings. The molecule has 1 aliphatic rings. The zero-order valence-electron chi connectivity index (χ0n) is 16.4. The Bertz CT molecular complexity index is 1210. The number of benzene rings is 2. The normalized spacial score (nSPS) is 15.7. The third-order valence-corrected chi connectivity index (χ3v) is 5.86. The topological polar surface area (TPSA) is 85.4 Å². The molecule has 0 bridgehead atoms. The van der Waals surface area contributed by atoms with E-state index >= 15 is 0 Å². The van der Waals surface area contributed by atoms with Crippen LogP contribution in [0, 0.1) is 10.1 Å². The first-order valence-corrected chi connectivity index (χ1v) is 10.2. The highest BCUT2D eigenvalue weighted by Crippen LogP contribution is 2.35. The highest BCUT2D eigenvalue weighted by Gasteiger charge is 2.35. The van der Waals surface area contributed by atoms with Crippen molar-refractivity contribution in [1.82, 2.24) is 9.47 Å². The minimum absolute atomic E-state index is 0.00254. The zero-order chi connectivity index (χ0) is 21.4. The summed E-state index contributed by atoms with van der Waals surface area (Å²) >= 11 is 0.888. The minimum Gasteiger partial charge on any atom is -0.344 e. The molecule has 30 heavy (non-hydrogen) atoms. The lowest BCUT2D eigenvalue weighted by molar-refractivity contribution is -0.384. The molecule has 152 valence electrons. The lowest BCUT2D eigenvalue weighted by atomic mass is 10.1. The summed E-state index contributed by atoms with van der Waals surface area (Å²) in [5.74, 6) is -0.391. The van der Waals surface area contributed by atoms with E-state index in [-0.39, 0.29) is 23.5 Å². The van der Waals surface area contributed by atoms with Crippen LogP contribution in [0.1, 0.15) is 31.0 Å². The van der Waals surface area contributed by atoms with Gasteiger partial charge in [0.25, 0.3) is 16.8 Å². The summed E-state index contributed by atoms with van der Waals surface area (Å²) in [6.07, 6.45) is 3.74. The Morgan fingerprint density at radius 2 is 1.90 bits per heavy atom. The molecule has 7 nitrogen and oxygen atoms in total. The number of nitro groups is 1. The fraction of sp³-hybridized carbons (Fsp3) is 0.182. The van der Waals surface area contributed by atoms with Crippen molar-refractivity contribution in [2.24, 2.45) is 0 Å². The Balaban J connectivity index is 1.65. The van der Waals surface area contributed by atoms with E-state index in [0.29, 0.717) is 10.5 Å². The molecule has 0 aliphatic carbocycles. The number of para-hydroxylation sites is 1. The Labute approximate surface area is 177 Å². The van der Waals surface area contributed by atoms with Crippen LogP contribution in [0.25, 0.3) is 17.0 Å². The minimum atomic E-state index is -0.498. The third kappa shape index (κ3) is 3.61. The van der Waals surface area contributed by atoms with Gasteiger partial charge < -0.3 is 4.57 Å². The number of non-ortho nitro benzene ring substituents is 1. The number of rotatable bonds is 5. The molecule has 0 N–H and O–H groups in total. The van der Waals surface area contributed by atoms with Crippen molar-refractivity contribution in [3.8, 4) is 0 Å². The quantitative estimate of drug-likeness (QED) is 0.314. The van der Waals surface area contributed by atoms with E-state index in [4.69, 9.17) is 0 Å². The summed E-state index contributed by atoms with van der Waals surface area (Å²) in [5.41, 5.74) is 2.40. The Hall–Kier alpha value is -3.39. The molecule has 4 rings (SSSR count). The number of thioether (sulfide) groups is 1. The third-order valence-electron chi connectivity index (χ3n) is 4.95. The van der Waals surface area contributed by atoms with E-state index in [1.807, 2.05) is 30.5 Å². The molecule has 2 aromatic carbocycles. The second-order valence-corrected chi connectivity index (χ2v) is 8.29. The van der Waals surface area contributed by atoms with E-state index in [1.165, 1.54) is 12.1 Å². The molecule has 2 amide bonds. The molecule has 0 unspecified atom stereocenters. The van der Waals surface area contributed by atoms with Crippen LogP contribution < -0.4 is 0 Å². The maximum Gasteiger partial charge on any atom is 0.293 e. The first-order valence-electron chi connectivity index (χ1n) is 9.43. The van der Waals surface area contributed by atoms with E-state index in [9.17, 15) is 19.7 Å². The van der Waals surface area contributed by atoms with Crippen LogP contribution in [0.5, 0.6) is 0 Å². The molecule has 0 saturated carbocycles. The lowest BCUT2D eigenvalue weighted by Gasteiger charge is -2.12. The van der Waals surface area contributed by atoms with Crippen LogP contribution in [-0.4, -0.2) is 25.5 Å². The molecule has 0 atom stereocenters. The number of fused-ring (bicyclic) bond motifs is 1. The number of imide groups is 1. The standard InChI is InChI=1S/C22H19N3O4S/c1-14(2)23-13-16(18-8-3-4-9-19(18)23)11-20-21(26)24(22(27)30-20)12-15-6-5-7-17(10-15)25(28)29/h3-11,13-14H,12H2,1-2H3/b20-11+. The molecule has 0 radical (unpaired) electrons. The van der Waals surface area contributed by atoms with E-state index < -0.39 is 10.8 Å². The summed E-state index contributed by atoms with van der Waals surface area (Å²) in [6, 6.07) is 14.1. The SMILES string of the molecule is CC(C)n1cc(/C=C2/SC(=O)N(Cc3cccc([N+](=O)[O-])c3)C2=O)c2ccccc21. The molecule has 0 spiro atoms. The monoisotopic (exact) mass is 421 g/mol. The van der Waals surface area contributed by atoms with E-state index in [0.717, 1.165) is 33.1 Å². The average molecular weight is 421 g/mol. The van der Waals surface area contributed by atoms with Crippen molar-refractivity contribution >= 4 is 45.6 Å². The van der Waals surface area contributed by atoms with Crippen molar-refractivity contribution < 1.29 is 14.5 Å². The highest BCUT2D eigenvalue weighted by molar-refractivity contribution is 8.18. The van der Waals surface area contributed by atoms with E-state index in [2.05, 4.69) is 18.4 Å². The second-order valence-electron chi connectivity index (χ2n) is 7.30. The smallest absolute Gasteiger partial charge is 0.293 e. The van der Waals surface area contributed by atoms with Gasteiger partial charge in [0.2, 0.25) is 0 Å². The van der Waals surface area contributed by atoms with Crippen LogP contribution in [-0.2, 0) is 11.3 Å². The van der Waals surface area contributed by atoms with Crippen molar-refractivity contribution in [2.45, 2.75) is 26.4 Å². The van der Waals surface area contributed by atoms with Crippen LogP contribution in [0.4, 0.5) is 10.5 Å². The molecule has 1 aromatic heterocycles. The van der Waals surface area contributed by atoms with Gasteiger partial charge in [-0.05, 0) is 43.3 Å². The van der Waals surface area contributed by atoms with Gasteiger partial charge >= 0.3 is 0 Å². The number of nitrogens with zero attached hydrogens (tertiary/aromatic N) is 3. The van der Waals surface area contributed by atoms with Crippen LogP contribution >= 0.6 is 11.8 Å². The number of hydrogen-bond acceptors (Lipinski definition) is 5. The fourth-order valence-corrected chi connectivity index (χ4v) is 4.33. The summed E-state index contributed by atoms with van der Waals surface area (Å²) in [4.78, 5) is 37.3. The first-order chi connectivity index (χ1) is 14.3. The van der Waals surface area contributed by atoms with Crippen LogP contribution in [0.15, 0.2) is 59.6 Å². The van der Waals surface area contributed by atoms with Gasteiger partial charge in [0.1, 0.15) is 0 Å². The number of amides is 2. The maximum atomic E-state index is 12.9. The summed E-state index contributed by atoms with van der Waals surface area (Å²) < 4.78 is 2.13. The number of nitro benzene ring substituents is 1. The number of hydrogen-bond donors (Lipinski definition) is 0. The Morgan fingerprint density at radius 1 is 1.13 bits per heavy atom. The van der Waals surface area contributed by atoms with Gasteiger partial charge in [-0.15, -0.1) is 0 Å². The van der Waals surface area contributed by atoms with Crippen LogP contribution in [0.3, 0.4) is 0 Å². The summed E-state index contributed by atoms with van der Waals surface area (Å²) in [5, 5.41) is 11.6. The average Bonchev–Trinajstić information content (AvgIpc) is 3.21. The maximum absolute atomic E-state index is 12.9. The van der Waals surface area contributed by atoms with Crippen molar-refractivity contribution in [3.63, 3.8) is 0 Å². The summed E-state index contributed by atoms with van der Waals surface area (Å²) in [7, 11) is 0. The Morgan fingerprint density at radius 3 is 2.63 bits per heavy atom. The van der Waals surface area contributed by atoms with Crippen molar-refractivity contribution in [3.05, 3.63) is 80.9 Å². The number of carbonyl (C=O) groups is 2. The predicted molar refractivity (Wildman–Crippen MR) is 117 cm³/mol. The summed E-state index contributed by atoms with van der Waals surface area (Å²) in [6.45, 7) is 4.17. The van der Waals surface area contributed by atoms with Crippen molar-refractivity contribution in [2.75, 3.05) is 0 Å². The number of aromatic nitrogens is 1. The van der Waals surface area contributed by atoms with E-state index in [1.54, 1.807) is 18.2 Å². The Kier molecular flexibility index (Phi) is 5.17. The van der Waals surface area contributed by atoms with Gasteiger partial charge in [-0.25, -0.2) is 0 Å².